The van der Waals surface area contributed by atoms with E-state index in [0.29, 0.717) is 6.20 Å². The number of aromatic hydroxyl groups is 2. The SMILES string of the molecule is O=[N+]([O-])c1cc(-c2nnc(-c3ccc[n+]([O-])c3C(F)(F)F)o2)cc(O)c1O. The Morgan fingerprint density at radius 3 is 2.48 bits per heavy atom. The largest absolute Gasteiger partial charge is 0.618 e. The molecule has 13 heteroatoms. The van der Waals surface area contributed by atoms with Crippen molar-refractivity contribution in [1.82, 2.24) is 10.2 Å². The lowest BCUT2D eigenvalue weighted by atomic mass is 10.1. The van der Waals surface area contributed by atoms with Crippen LogP contribution < -0.4 is 4.73 Å². The average Bonchev–Trinajstić information content (AvgIpc) is 3.05. The van der Waals surface area contributed by atoms with Gasteiger partial charge in [-0.1, -0.05) is 0 Å². The molecule has 0 bridgehead atoms. The van der Waals surface area contributed by atoms with E-state index >= 15 is 0 Å². The molecule has 0 fully saturated rings. The number of hydrogen-bond donors (Lipinski definition) is 2. The predicted molar refractivity (Wildman–Crippen MR) is 79.1 cm³/mol. The molecule has 0 aliphatic heterocycles. The summed E-state index contributed by atoms with van der Waals surface area (Å²) in [6.07, 6.45) is -4.37. The number of phenolic OH excluding ortho intramolecular Hbond substituents is 2. The van der Waals surface area contributed by atoms with E-state index < -0.39 is 56.1 Å². The van der Waals surface area contributed by atoms with Crippen molar-refractivity contribution in [3.63, 3.8) is 0 Å². The number of pyridine rings is 1. The van der Waals surface area contributed by atoms with E-state index in [9.17, 15) is 38.7 Å². The van der Waals surface area contributed by atoms with Crippen LogP contribution in [0.1, 0.15) is 5.69 Å². The minimum absolute atomic E-state index is 0.227. The fraction of sp³-hybridized carbons (Fsp3) is 0.0714. The van der Waals surface area contributed by atoms with Gasteiger partial charge in [0.1, 0.15) is 5.56 Å². The molecule has 0 unspecified atom stereocenters. The first-order chi connectivity index (χ1) is 12.6. The molecule has 140 valence electrons. The number of rotatable bonds is 3. The van der Waals surface area contributed by atoms with Crippen LogP contribution in [0.4, 0.5) is 18.9 Å². The molecule has 2 aromatic heterocycles. The van der Waals surface area contributed by atoms with E-state index in [0.717, 1.165) is 24.3 Å². The molecular weight excluding hydrogens is 377 g/mol. The van der Waals surface area contributed by atoms with Crippen LogP contribution >= 0.6 is 0 Å². The maximum atomic E-state index is 13.1. The van der Waals surface area contributed by atoms with E-state index in [1.165, 1.54) is 0 Å². The molecule has 10 nitrogen and oxygen atoms in total. The van der Waals surface area contributed by atoms with Crippen molar-refractivity contribution in [3.8, 4) is 34.4 Å². The molecule has 3 aromatic rings. The second-order valence-corrected chi connectivity index (χ2v) is 5.13. The first-order valence-electron chi connectivity index (χ1n) is 6.93. The van der Waals surface area contributed by atoms with Crippen LogP contribution in [0, 0.1) is 15.3 Å². The summed E-state index contributed by atoms with van der Waals surface area (Å²) in [5.41, 5.74) is -3.39. The van der Waals surface area contributed by atoms with Gasteiger partial charge in [-0.15, -0.1) is 10.2 Å². The van der Waals surface area contributed by atoms with Gasteiger partial charge in [0.15, 0.2) is 11.9 Å². The third-order valence-electron chi connectivity index (χ3n) is 3.40. The van der Waals surface area contributed by atoms with Crippen molar-refractivity contribution in [2.45, 2.75) is 6.18 Å². The highest BCUT2D eigenvalue weighted by atomic mass is 19.4. The van der Waals surface area contributed by atoms with Crippen molar-refractivity contribution in [2.75, 3.05) is 0 Å². The molecule has 0 saturated heterocycles. The summed E-state index contributed by atoms with van der Waals surface area (Å²) in [6, 6.07) is 3.61. The van der Waals surface area contributed by atoms with Gasteiger partial charge >= 0.3 is 17.6 Å². The first-order valence-corrected chi connectivity index (χ1v) is 6.93. The Balaban J connectivity index is 2.13. The lowest BCUT2D eigenvalue weighted by Gasteiger charge is -2.09. The Bertz CT molecular complexity index is 1050. The van der Waals surface area contributed by atoms with Gasteiger partial charge in [-0.25, -0.2) is 0 Å². The van der Waals surface area contributed by atoms with E-state index in [1.54, 1.807) is 0 Å². The standard InChI is InChI=1S/C14H7F3N4O6/c15-14(16,17)11-7(2-1-3-20(11)24)13-19-18-12(27-13)6-4-8(21(25)26)10(23)9(22)5-6/h1-5,22-23H. The normalized spacial score (nSPS) is 11.5. The van der Waals surface area contributed by atoms with Gasteiger partial charge in [-0.05, 0) is 12.1 Å². The quantitative estimate of drug-likeness (QED) is 0.230. The number of alkyl halides is 3. The molecule has 2 N–H and O–H groups in total. The fourth-order valence-corrected chi connectivity index (χ4v) is 2.26. The Morgan fingerprint density at radius 2 is 1.85 bits per heavy atom. The third kappa shape index (κ3) is 3.17. The molecule has 0 amide bonds. The lowest BCUT2D eigenvalue weighted by molar-refractivity contribution is -0.628. The number of phenols is 2. The monoisotopic (exact) mass is 384 g/mol. The van der Waals surface area contributed by atoms with Crippen molar-refractivity contribution < 1.29 is 37.5 Å². The van der Waals surface area contributed by atoms with Gasteiger partial charge in [0.25, 0.3) is 5.89 Å². The highest BCUT2D eigenvalue weighted by Gasteiger charge is 2.44. The minimum atomic E-state index is -5.01. The van der Waals surface area contributed by atoms with Crippen LogP contribution in [0.3, 0.4) is 0 Å². The second-order valence-electron chi connectivity index (χ2n) is 5.13. The van der Waals surface area contributed by atoms with Crippen molar-refractivity contribution in [2.24, 2.45) is 0 Å². The van der Waals surface area contributed by atoms with E-state index in [2.05, 4.69) is 10.2 Å². The summed E-state index contributed by atoms with van der Waals surface area (Å²) in [5.74, 6) is -3.01. The molecule has 0 aliphatic rings. The van der Waals surface area contributed by atoms with Crippen LogP contribution in [0.5, 0.6) is 11.5 Å². The highest BCUT2D eigenvalue weighted by molar-refractivity contribution is 5.68. The van der Waals surface area contributed by atoms with E-state index in [1.807, 2.05) is 0 Å². The predicted octanol–water partition coefficient (Wildman–Crippen LogP) is 2.38. The fourth-order valence-electron chi connectivity index (χ4n) is 2.26. The van der Waals surface area contributed by atoms with Gasteiger partial charge in [-0.2, -0.15) is 17.9 Å². The van der Waals surface area contributed by atoms with Crippen molar-refractivity contribution in [3.05, 3.63) is 51.5 Å². The summed E-state index contributed by atoms with van der Waals surface area (Å²) in [7, 11) is 0. The zero-order valence-electron chi connectivity index (χ0n) is 12.8. The van der Waals surface area contributed by atoms with Gasteiger partial charge in [0.2, 0.25) is 11.6 Å². The van der Waals surface area contributed by atoms with E-state index in [-0.39, 0.29) is 5.56 Å². The highest BCUT2D eigenvalue weighted by Crippen LogP contribution is 2.40. The molecule has 0 radical (unpaired) electrons. The zero-order valence-corrected chi connectivity index (χ0v) is 12.8. The van der Waals surface area contributed by atoms with Crippen molar-refractivity contribution >= 4 is 5.69 Å². The summed E-state index contributed by atoms with van der Waals surface area (Å²) < 4.78 is 44.0. The Morgan fingerprint density at radius 1 is 1.19 bits per heavy atom. The van der Waals surface area contributed by atoms with Gasteiger partial charge in [0, 0.05) is 17.7 Å². The number of halogens is 3. The number of nitro groups is 1. The number of nitro benzene ring substituents is 1. The van der Waals surface area contributed by atoms with Crippen LogP contribution in [-0.2, 0) is 6.18 Å². The maximum Gasteiger partial charge on any atom is 0.479 e. The lowest BCUT2D eigenvalue weighted by Crippen LogP contribution is -2.37. The van der Waals surface area contributed by atoms with Crippen LogP contribution in [-0.4, -0.2) is 25.3 Å². The number of nitrogens with zero attached hydrogens (tertiary/aromatic N) is 4. The number of aromatic nitrogens is 3. The molecule has 3 rings (SSSR count). The van der Waals surface area contributed by atoms with Gasteiger partial charge in [-0.3, -0.25) is 10.1 Å². The van der Waals surface area contributed by atoms with Gasteiger partial charge < -0.3 is 19.8 Å². The maximum absolute atomic E-state index is 13.1. The smallest absolute Gasteiger partial charge is 0.479 e. The molecule has 2 heterocycles. The summed E-state index contributed by atoms with van der Waals surface area (Å²) in [4.78, 5) is 9.89. The molecule has 0 aliphatic carbocycles. The number of hydrogen-bond acceptors (Lipinski definition) is 8. The minimum Gasteiger partial charge on any atom is -0.618 e. The molecular formula is C14H7F3N4O6. The number of benzene rings is 1. The molecule has 0 spiro atoms. The third-order valence-corrected chi connectivity index (χ3v) is 3.40. The molecule has 27 heavy (non-hydrogen) atoms. The summed E-state index contributed by atoms with van der Waals surface area (Å²) in [6.45, 7) is 0. The molecule has 1 aromatic carbocycles. The Hall–Kier alpha value is -3.90. The Labute approximate surface area is 146 Å². The molecule has 0 atom stereocenters. The van der Waals surface area contributed by atoms with Crippen LogP contribution in [0.15, 0.2) is 34.9 Å². The Kier molecular flexibility index (Phi) is 4.06. The van der Waals surface area contributed by atoms with E-state index in [4.69, 9.17) is 4.42 Å². The summed E-state index contributed by atoms with van der Waals surface area (Å²) >= 11 is 0. The first kappa shape index (κ1) is 17.9. The van der Waals surface area contributed by atoms with Crippen LogP contribution in [0.2, 0.25) is 0 Å². The summed E-state index contributed by atoms with van der Waals surface area (Å²) in [5, 5.41) is 48.3. The van der Waals surface area contributed by atoms with Crippen molar-refractivity contribution in [1.29, 1.82) is 0 Å². The van der Waals surface area contributed by atoms with Crippen LogP contribution in [0.25, 0.3) is 22.9 Å². The second kappa shape index (κ2) is 6.12. The molecule has 0 saturated carbocycles. The average molecular weight is 384 g/mol. The van der Waals surface area contributed by atoms with Gasteiger partial charge in [0.05, 0.1) is 4.92 Å². The zero-order chi connectivity index (χ0) is 19.9. The topological polar surface area (TPSA) is 149 Å².